The fourth-order valence-corrected chi connectivity index (χ4v) is 1.19. The van der Waals surface area contributed by atoms with Crippen molar-refractivity contribution >= 4 is 0 Å². The van der Waals surface area contributed by atoms with Crippen LogP contribution < -0.4 is 17.1 Å². The van der Waals surface area contributed by atoms with Crippen LogP contribution in [0.5, 0.6) is 0 Å². The standard InChI is InChI=1S/C8H13N3O/c1-5-3-6(2)11(10)8(12)7(5)4-9/h3H,4,9-10H2,1-2H3. The van der Waals surface area contributed by atoms with Crippen molar-refractivity contribution in [2.45, 2.75) is 20.4 Å². The second-order valence-corrected chi connectivity index (χ2v) is 2.83. The molecular weight excluding hydrogens is 154 g/mol. The third-order valence-electron chi connectivity index (χ3n) is 1.96. The van der Waals surface area contributed by atoms with Gasteiger partial charge >= 0.3 is 0 Å². The highest BCUT2D eigenvalue weighted by atomic mass is 16.1. The van der Waals surface area contributed by atoms with Crippen molar-refractivity contribution in [3.8, 4) is 0 Å². The number of pyridine rings is 1. The van der Waals surface area contributed by atoms with Gasteiger partial charge in [-0.15, -0.1) is 0 Å². The Morgan fingerprint density at radius 3 is 2.58 bits per heavy atom. The minimum absolute atomic E-state index is 0.199. The molecule has 0 fully saturated rings. The van der Waals surface area contributed by atoms with E-state index < -0.39 is 0 Å². The number of aryl methyl sites for hydroxylation is 2. The molecule has 0 bridgehead atoms. The number of hydrogen-bond donors (Lipinski definition) is 2. The van der Waals surface area contributed by atoms with E-state index in [1.54, 1.807) is 6.92 Å². The van der Waals surface area contributed by atoms with Gasteiger partial charge in [-0.1, -0.05) is 0 Å². The maximum absolute atomic E-state index is 11.4. The van der Waals surface area contributed by atoms with E-state index in [1.807, 2.05) is 13.0 Å². The molecule has 4 heteroatoms. The Morgan fingerprint density at radius 2 is 2.08 bits per heavy atom. The molecular formula is C8H13N3O. The van der Waals surface area contributed by atoms with Crippen LogP contribution in [-0.2, 0) is 6.54 Å². The highest BCUT2D eigenvalue weighted by Gasteiger charge is 2.05. The lowest BCUT2D eigenvalue weighted by Gasteiger charge is -2.07. The molecule has 4 N–H and O–H groups in total. The van der Waals surface area contributed by atoms with Gasteiger partial charge in [0, 0.05) is 17.8 Å². The van der Waals surface area contributed by atoms with Crippen molar-refractivity contribution in [3.05, 3.63) is 33.2 Å². The molecule has 0 atom stereocenters. The molecule has 1 aromatic heterocycles. The first-order valence-corrected chi connectivity index (χ1v) is 3.75. The van der Waals surface area contributed by atoms with Gasteiger partial charge in [0.15, 0.2) is 0 Å². The molecule has 0 aliphatic heterocycles. The molecule has 1 aromatic rings. The summed E-state index contributed by atoms with van der Waals surface area (Å²) in [6, 6.07) is 1.85. The second-order valence-electron chi connectivity index (χ2n) is 2.83. The highest BCUT2D eigenvalue weighted by Crippen LogP contribution is 2.02. The molecule has 12 heavy (non-hydrogen) atoms. The lowest BCUT2D eigenvalue weighted by Crippen LogP contribution is -2.33. The number of nitrogens with zero attached hydrogens (tertiary/aromatic N) is 1. The van der Waals surface area contributed by atoms with Gasteiger partial charge in [-0.05, 0) is 25.5 Å². The maximum Gasteiger partial charge on any atom is 0.273 e. The van der Waals surface area contributed by atoms with E-state index in [0.29, 0.717) is 5.56 Å². The molecule has 1 rings (SSSR count). The van der Waals surface area contributed by atoms with E-state index in [4.69, 9.17) is 11.6 Å². The Kier molecular flexibility index (Phi) is 2.19. The van der Waals surface area contributed by atoms with Crippen LogP contribution in [0.25, 0.3) is 0 Å². The first kappa shape index (κ1) is 8.80. The maximum atomic E-state index is 11.4. The summed E-state index contributed by atoms with van der Waals surface area (Å²) in [6.07, 6.45) is 0. The SMILES string of the molecule is Cc1cc(C)n(N)c(=O)c1CN. The topological polar surface area (TPSA) is 74.0 Å². The lowest BCUT2D eigenvalue weighted by molar-refractivity contribution is 0.841. The van der Waals surface area contributed by atoms with Crippen molar-refractivity contribution in [1.82, 2.24) is 4.68 Å². The predicted molar refractivity (Wildman–Crippen MR) is 48.2 cm³/mol. The smallest absolute Gasteiger partial charge is 0.273 e. The minimum Gasteiger partial charge on any atom is -0.336 e. The molecule has 0 amide bonds. The third kappa shape index (κ3) is 1.21. The zero-order chi connectivity index (χ0) is 9.30. The molecule has 1 heterocycles. The van der Waals surface area contributed by atoms with Crippen LogP contribution in [0.15, 0.2) is 10.9 Å². The fourth-order valence-electron chi connectivity index (χ4n) is 1.19. The molecule has 0 saturated heterocycles. The van der Waals surface area contributed by atoms with Crippen molar-refractivity contribution < 1.29 is 0 Å². The van der Waals surface area contributed by atoms with Crippen molar-refractivity contribution in [2.75, 3.05) is 5.84 Å². The molecule has 0 aliphatic carbocycles. The largest absolute Gasteiger partial charge is 0.336 e. The van der Waals surface area contributed by atoms with E-state index in [9.17, 15) is 4.79 Å². The van der Waals surface area contributed by atoms with E-state index in [1.165, 1.54) is 0 Å². The molecule has 66 valence electrons. The Labute approximate surface area is 70.8 Å². The zero-order valence-corrected chi connectivity index (χ0v) is 7.29. The Bertz CT molecular complexity index is 354. The first-order valence-electron chi connectivity index (χ1n) is 3.75. The van der Waals surface area contributed by atoms with E-state index in [-0.39, 0.29) is 12.1 Å². The van der Waals surface area contributed by atoms with Gasteiger partial charge < -0.3 is 11.6 Å². The summed E-state index contributed by atoms with van der Waals surface area (Å²) in [4.78, 5) is 11.4. The summed E-state index contributed by atoms with van der Waals surface area (Å²) in [5.74, 6) is 5.48. The molecule has 0 aliphatic rings. The van der Waals surface area contributed by atoms with Crippen LogP contribution in [0.2, 0.25) is 0 Å². The molecule has 0 unspecified atom stereocenters. The predicted octanol–water partition coefficient (Wildman–Crippen LogP) is -0.362. The van der Waals surface area contributed by atoms with E-state index >= 15 is 0 Å². The number of nitrogen functional groups attached to an aromatic ring is 1. The summed E-state index contributed by atoms with van der Waals surface area (Å²) in [5, 5.41) is 0. The monoisotopic (exact) mass is 167 g/mol. The Hall–Kier alpha value is -1.29. The summed E-state index contributed by atoms with van der Waals surface area (Å²) >= 11 is 0. The number of aromatic nitrogens is 1. The van der Waals surface area contributed by atoms with Gasteiger partial charge in [-0.3, -0.25) is 4.79 Å². The average Bonchev–Trinajstić information content (AvgIpc) is 2.01. The van der Waals surface area contributed by atoms with Gasteiger partial charge in [0.2, 0.25) is 0 Å². The van der Waals surface area contributed by atoms with Crippen LogP contribution in [-0.4, -0.2) is 4.68 Å². The number of nitrogens with two attached hydrogens (primary N) is 2. The second kappa shape index (κ2) is 2.98. The quantitative estimate of drug-likeness (QED) is 0.561. The van der Waals surface area contributed by atoms with Crippen LogP contribution >= 0.6 is 0 Å². The van der Waals surface area contributed by atoms with Gasteiger partial charge in [-0.25, -0.2) is 4.68 Å². The van der Waals surface area contributed by atoms with Crippen LogP contribution in [0.1, 0.15) is 16.8 Å². The fraction of sp³-hybridized carbons (Fsp3) is 0.375. The first-order chi connectivity index (χ1) is 5.57. The average molecular weight is 167 g/mol. The normalized spacial score (nSPS) is 10.2. The van der Waals surface area contributed by atoms with Crippen LogP contribution in [0, 0.1) is 13.8 Å². The van der Waals surface area contributed by atoms with Crippen molar-refractivity contribution in [2.24, 2.45) is 5.73 Å². The summed E-state index contributed by atoms with van der Waals surface area (Å²) < 4.78 is 1.12. The van der Waals surface area contributed by atoms with Gasteiger partial charge in [0.05, 0.1) is 0 Å². The van der Waals surface area contributed by atoms with E-state index in [2.05, 4.69) is 0 Å². The molecule has 0 aromatic carbocycles. The number of rotatable bonds is 1. The Morgan fingerprint density at radius 1 is 1.50 bits per heavy atom. The van der Waals surface area contributed by atoms with Crippen molar-refractivity contribution in [1.29, 1.82) is 0 Å². The zero-order valence-electron chi connectivity index (χ0n) is 7.29. The highest BCUT2D eigenvalue weighted by molar-refractivity contribution is 5.25. The minimum atomic E-state index is -0.199. The molecule has 4 nitrogen and oxygen atoms in total. The molecule has 0 saturated carbocycles. The van der Waals surface area contributed by atoms with Gasteiger partial charge in [0.25, 0.3) is 5.56 Å². The van der Waals surface area contributed by atoms with Gasteiger partial charge in [-0.2, -0.15) is 0 Å². The summed E-state index contributed by atoms with van der Waals surface area (Å²) in [6.45, 7) is 3.88. The third-order valence-corrected chi connectivity index (χ3v) is 1.96. The Balaban J connectivity index is 3.52. The van der Waals surface area contributed by atoms with Crippen LogP contribution in [0.3, 0.4) is 0 Å². The molecule has 0 spiro atoms. The van der Waals surface area contributed by atoms with Crippen molar-refractivity contribution in [3.63, 3.8) is 0 Å². The summed E-state index contributed by atoms with van der Waals surface area (Å²) in [7, 11) is 0. The summed E-state index contributed by atoms with van der Waals surface area (Å²) in [5.41, 5.74) is 7.44. The van der Waals surface area contributed by atoms with Gasteiger partial charge in [0.1, 0.15) is 0 Å². The molecule has 0 radical (unpaired) electrons. The van der Waals surface area contributed by atoms with E-state index in [0.717, 1.165) is 15.9 Å². The van der Waals surface area contributed by atoms with Crippen LogP contribution in [0.4, 0.5) is 0 Å². The number of hydrogen-bond acceptors (Lipinski definition) is 3. The lowest BCUT2D eigenvalue weighted by atomic mass is 10.1.